The molecule has 23 heavy (non-hydrogen) atoms. The molecule has 2 N–H and O–H groups in total. The fourth-order valence-electron chi connectivity index (χ4n) is 2.85. The minimum absolute atomic E-state index is 0.00288. The van der Waals surface area contributed by atoms with E-state index in [9.17, 15) is 19.8 Å². The second kappa shape index (κ2) is 5.61. The molecular weight excluding hydrogens is 296 g/mol. The van der Waals surface area contributed by atoms with Gasteiger partial charge in [-0.1, -0.05) is 6.07 Å². The topological polar surface area (TPSA) is 102 Å². The molecule has 0 heterocycles. The molecule has 6 heteroatoms. The van der Waals surface area contributed by atoms with Gasteiger partial charge in [0.05, 0.1) is 11.6 Å². The van der Waals surface area contributed by atoms with Crippen molar-refractivity contribution in [3.05, 3.63) is 52.7 Å². The fourth-order valence-corrected chi connectivity index (χ4v) is 2.85. The zero-order valence-corrected chi connectivity index (χ0v) is 12.2. The molecule has 0 saturated carbocycles. The lowest BCUT2D eigenvalue weighted by atomic mass is 10.1. The number of rotatable bonds is 3. The molecule has 0 unspecified atom stereocenters. The van der Waals surface area contributed by atoms with E-state index in [0.29, 0.717) is 11.3 Å². The maximum Gasteiger partial charge on any atom is 0.183 e. The van der Waals surface area contributed by atoms with E-state index in [0.717, 1.165) is 0 Å². The van der Waals surface area contributed by atoms with E-state index < -0.39 is 0 Å². The van der Waals surface area contributed by atoms with Crippen LogP contribution in [-0.2, 0) is 9.59 Å². The first-order valence-corrected chi connectivity index (χ1v) is 7.24. The largest absolute Gasteiger partial charge is 0.510 e. The van der Waals surface area contributed by atoms with Crippen molar-refractivity contribution in [1.29, 1.82) is 5.26 Å². The van der Waals surface area contributed by atoms with Gasteiger partial charge in [0.25, 0.3) is 0 Å². The summed E-state index contributed by atoms with van der Waals surface area (Å²) < 4.78 is 0. The van der Waals surface area contributed by atoms with Crippen LogP contribution < -0.4 is 4.90 Å². The van der Waals surface area contributed by atoms with Gasteiger partial charge in [-0.25, -0.2) is 0 Å². The number of hydrogen-bond donors (Lipinski definition) is 2. The number of Topliss-reactive ketones (excluding diaryl/α,β-unsaturated/α-hetero) is 2. The average molecular weight is 310 g/mol. The molecule has 1 aromatic rings. The number of anilines is 1. The van der Waals surface area contributed by atoms with Crippen LogP contribution in [0.2, 0.25) is 0 Å². The number of allylic oxidation sites excluding steroid dienone is 4. The van der Waals surface area contributed by atoms with Crippen molar-refractivity contribution in [3.8, 4) is 6.07 Å². The molecule has 1 aromatic carbocycles. The standard InChI is InChI=1S/C17H14N2O4/c18-9-10-2-1-3-11(8-10)19(16-12(20)4-5-13(16)21)17-14(22)6-7-15(17)23/h1-3,8,20,22H,4-7H2. The molecule has 0 atom stereocenters. The molecule has 0 spiro atoms. The van der Waals surface area contributed by atoms with Gasteiger partial charge in [-0.3, -0.25) is 14.5 Å². The molecule has 0 aromatic heterocycles. The Labute approximate surface area is 132 Å². The number of hydrogen-bond acceptors (Lipinski definition) is 6. The maximum absolute atomic E-state index is 12.2. The van der Waals surface area contributed by atoms with Gasteiger partial charge in [-0.15, -0.1) is 0 Å². The first-order chi connectivity index (χ1) is 11.0. The lowest BCUT2D eigenvalue weighted by Crippen LogP contribution is -2.29. The lowest BCUT2D eigenvalue weighted by Gasteiger charge is -2.26. The quantitative estimate of drug-likeness (QED) is 0.890. The average Bonchev–Trinajstić information content (AvgIpc) is 3.05. The fraction of sp³-hybridized carbons (Fsp3) is 0.235. The number of carbonyl (C=O) groups is 2. The molecule has 0 amide bonds. The Bertz CT molecular complexity index is 774. The number of aliphatic hydroxyl groups is 2. The third-order valence-electron chi connectivity index (χ3n) is 3.93. The Hall–Kier alpha value is -3.07. The first kappa shape index (κ1) is 14.9. The molecular formula is C17H14N2O4. The maximum atomic E-state index is 12.2. The first-order valence-electron chi connectivity index (χ1n) is 7.24. The summed E-state index contributed by atoms with van der Waals surface area (Å²) in [5.41, 5.74) is 0.731. The summed E-state index contributed by atoms with van der Waals surface area (Å²) in [6.07, 6.45) is 0.700. The van der Waals surface area contributed by atoms with Crippen LogP contribution in [0.4, 0.5) is 5.69 Å². The second-order valence-electron chi connectivity index (χ2n) is 5.43. The number of ketones is 2. The third-order valence-corrected chi connectivity index (χ3v) is 3.93. The Morgan fingerprint density at radius 1 is 0.957 bits per heavy atom. The van der Waals surface area contributed by atoms with Gasteiger partial charge in [0.1, 0.15) is 22.9 Å². The van der Waals surface area contributed by atoms with Crippen LogP contribution in [0.25, 0.3) is 0 Å². The summed E-state index contributed by atoms with van der Waals surface area (Å²) in [5, 5.41) is 29.2. The van der Waals surface area contributed by atoms with Crippen LogP contribution >= 0.6 is 0 Å². The predicted molar refractivity (Wildman–Crippen MR) is 81.4 cm³/mol. The molecule has 2 aliphatic rings. The molecule has 2 aliphatic carbocycles. The predicted octanol–water partition coefficient (Wildman–Crippen LogP) is 2.63. The SMILES string of the molecule is N#Cc1cccc(N(C2=C(O)CCC2=O)C2=C(O)CCC2=O)c1. The molecule has 116 valence electrons. The third kappa shape index (κ3) is 2.46. The van der Waals surface area contributed by atoms with Gasteiger partial charge in [-0.05, 0) is 18.2 Å². The van der Waals surface area contributed by atoms with E-state index >= 15 is 0 Å². The minimum atomic E-state index is -0.301. The Morgan fingerprint density at radius 2 is 1.52 bits per heavy atom. The van der Waals surface area contributed by atoms with Crippen molar-refractivity contribution in [2.75, 3.05) is 4.90 Å². The van der Waals surface area contributed by atoms with E-state index in [1.54, 1.807) is 18.2 Å². The van der Waals surface area contributed by atoms with Crippen molar-refractivity contribution in [3.63, 3.8) is 0 Å². The van der Waals surface area contributed by atoms with E-state index in [1.165, 1.54) is 11.0 Å². The van der Waals surface area contributed by atoms with Crippen LogP contribution in [0.1, 0.15) is 31.2 Å². The van der Waals surface area contributed by atoms with Gasteiger partial charge in [0, 0.05) is 31.4 Å². The molecule has 6 nitrogen and oxygen atoms in total. The van der Waals surface area contributed by atoms with Crippen LogP contribution in [0.3, 0.4) is 0 Å². The number of nitrogens with zero attached hydrogens (tertiary/aromatic N) is 2. The van der Waals surface area contributed by atoms with Gasteiger partial charge in [0.2, 0.25) is 0 Å². The van der Waals surface area contributed by atoms with E-state index in [4.69, 9.17) is 5.26 Å². The van der Waals surface area contributed by atoms with Gasteiger partial charge in [-0.2, -0.15) is 5.26 Å². The van der Waals surface area contributed by atoms with Crippen molar-refractivity contribution >= 4 is 17.3 Å². The molecule has 0 aliphatic heterocycles. The summed E-state index contributed by atoms with van der Waals surface area (Å²) in [6, 6.07) is 8.34. The number of carbonyl (C=O) groups excluding carboxylic acids is 2. The summed E-state index contributed by atoms with van der Waals surface area (Å²) in [6.45, 7) is 0. The number of aliphatic hydroxyl groups excluding tert-OH is 2. The summed E-state index contributed by atoms with van der Waals surface area (Å²) in [5.74, 6) is -0.829. The van der Waals surface area contributed by atoms with Crippen LogP contribution in [0, 0.1) is 11.3 Å². The minimum Gasteiger partial charge on any atom is -0.510 e. The Balaban J connectivity index is 2.21. The highest BCUT2D eigenvalue weighted by Gasteiger charge is 2.37. The lowest BCUT2D eigenvalue weighted by molar-refractivity contribution is -0.115. The van der Waals surface area contributed by atoms with Crippen LogP contribution in [0.5, 0.6) is 0 Å². The monoisotopic (exact) mass is 310 g/mol. The molecule has 0 radical (unpaired) electrons. The highest BCUT2D eigenvalue weighted by Crippen LogP contribution is 2.36. The van der Waals surface area contributed by atoms with E-state index in [2.05, 4.69) is 0 Å². The Morgan fingerprint density at radius 3 is 1.96 bits per heavy atom. The van der Waals surface area contributed by atoms with E-state index in [-0.39, 0.29) is 60.2 Å². The van der Waals surface area contributed by atoms with E-state index in [1.807, 2.05) is 6.07 Å². The summed E-state index contributed by atoms with van der Waals surface area (Å²) in [4.78, 5) is 25.7. The molecule has 0 bridgehead atoms. The summed E-state index contributed by atoms with van der Waals surface area (Å²) in [7, 11) is 0. The summed E-state index contributed by atoms with van der Waals surface area (Å²) >= 11 is 0. The highest BCUT2D eigenvalue weighted by molar-refractivity contribution is 6.09. The smallest absolute Gasteiger partial charge is 0.183 e. The second-order valence-corrected chi connectivity index (χ2v) is 5.43. The van der Waals surface area contributed by atoms with Crippen molar-refractivity contribution < 1.29 is 19.8 Å². The molecule has 0 fully saturated rings. The number of benzene rings is 1. The zero-order valence-electron chi connectivity index (χ0n) is 12.2. The van der Waals surface area contributed by atoms with Crippen molar-refractivity contribution in [2.24, 2.45) is 0 Å². The van der Waals surface area contributed by atoms with Crippen molar-refractivity contribution in [1.82, 2.24) is 0 Å². The van der Waals surface area contributed by atoms with Gasteiger partial charge >= 0.3 is 0 Å². The van der Waals surface area contributed by atoms with Gasteiger partial charge < -0.3 is 10.2 Å². The van der Waals surface area contributed by atoms with Crippen LogP contribution in [-0.4, -0.2) is 21.8 Å². The van der Waals surface area contributed by atoms with Crippen molar-refractivity contribution in [2.45, 2.75) is 25.7 Å². The molecule has 0 saturated heterocycles. The zero-order chi connectivity index (χ0) is 16.6. The Kier molecular flexibility index (Phi) is 3.62. The van der Waals surface area contributed by atoms with Gasteiger partial charge in [0.15, 0.2) is 11.6 Å². The normalized spacial score (nSPS) is 17.9. The highest BCUT2D eigenvalue weighted by atomic mass is 16.3. The molecule has 3 rings (SSSR count). The number of nitriles is 1. The van der Waals surface area contributed by atoms with Crippen LogP contribution in [0.15, 0.2) is 47.2 Å².